The number of hydrogen-bond donors (Lipinski definition) is 4. The molecule has 0 aliphatic heterocycles. The van der Waals surface area contributed by atoms with E-state index in [-0.39, 0.29) is 12.5 Å². The lowest BCUT2D eigenvalue weighted by Crippen LogP contribution is -2.40. The van der Waals surface area contributed by atoms with Crippen LogP contribution in [0.25, 0.3) is 0 Å². The average Bonchev–Trinajstić information content (AvgIpc) is 2.38. The number of benzene rings is 1. The molecular formula is C13H20N2O3. The van der Waals surface area contributed by atoms with Crippen molar-refractivity contribution < 1.29 is 15.0 Å². The minimum absolute atomic E-state index is 0.113. The molecule has 18 heavy (non-hydrogen) atoms. The molecule has 0 aliphatic rings. The van der Waals surface area contributed by atoms with Gasteiger partial charge in [-0.05, 0) is 24.6 Å². The van der Waals surface area contributed by atoms with Crippen molar-refractivity contribution >= 4 is 5.91 Å². The first-order valence-electron chi connectivity index (χ1n) is 5.83. The molecule has 1 amide bonds. The van der Waals surface area contributed by atoms with Crippen LogP contribution in [0.3, 0.4) is 0 Å². The van der Waals surface area contributed by atoms with E-state index in [2.05, 4.69) is 10.6 Å². The zero-order valence-electron chi connectivity index (χ0n) is 10.7. The van der Waals surface area contributed by atoms with Crippen molar-refractivity contribution in [2.45, 2.75) is 19.1 Å². The van der Waals surface area contributed by atoms with Gasteiger partial charge in [-0.2, -0.15) is 0 Å². The Morgan fingerprint density at radius 2 is 1.94 bits per heavy atom. The first-order valence-corrected chi connectivity index (χ1v) is 5.83. The van der Waals surface area contributed by atoms with Crippen molar-refractivity contribution in [3.05, 3.63) is 35.4 Å². The second-order valence-electron chi connectivity index (χ2n) is 4.53. The molecule has 0 aliphatic carbocycles. The van der Waals surface area contributed by atoms with Gasteiger partial charge in [-0.3, -0.25) is 4.79 Å². The average molecular weight is 252 g/mol. The van der Waals surface area contributed by atoms with Crippen LogP contribution in [0.5, 0.6) is 0 Å². The number of aliphatic hydroxyl groups excluding tert-OH is 1. The van der Waals surface area contributed by atoms with E-state index in [0.717, 1.165) is 5.56 Å². The molecule has 100 valence electrons. The SMILES string of the molecule is CNC(=O)c1ccc(CNCC(C)(O)CO)cc1. The van der Waals surface area contributed by atoms with Crippen molar-refractivity contribution in [3.8, 4) is 0 Å². The maximum Gasteiger partial charge on any atom is 0.251 e. The van der Waals surface area contributed by atoms with E-state index in [1.54, 1.807) is 26.1 Å². The highest BCUT2D eigenvalue weighted by molar-refractivity contribution is 5.93. The van der Waals surface area contributed by atoms with Gasteiger partial charge < -0.3 is 20.8 Å². The summed E-state index contributed by atoms with van der Waals surface area (Å²) >= 11 is 0. The van der Waals surface area contributed by atoms with Crippen molar-refractivity contribution in [2.75, 3.05) is 20.2 Å². The highest BCUT2D eigenvalue weighted by Crippen LogP contribution is 2.05. The molecule has 5 heteroatoms. The molecule has 0 heterocycles. The molecular weight excluding hydrogens is 232 g/mol. The molecule has 0 bridgehead atoms. The maximum absolute atomic E-state index is 11.3. The van der Waals surface area contributed by atoms with Gasteiger partial charge in [0.15, 0.2) is 0 Å². The number of nitrogens with one attached hydrogen (secondary N) is 2. The number of amides is 1. The Kier molecular flexibility index (Phi) is 5.27. The van der Waals surface area contributed by atoms with Gasteiger partial charge >= 0.3 is 0 Å². The second-order valence-corrected chi connectivity index (χ2v) is 4.53. The summed E-state index contributed by atoms with van der Waals surface area (Å²) in [6, 6.07) is 7.20. The molecule has 1 unspecified atom stereocenters. The summed E-state index contributed by atoms with van der Waals surface area (Å²) in [5.41, 5.74) is 0.516. The summed E-state index contributed by atoms with van der Waals surface area (Å²) in [6.45, 7) is 2.16. The Bertz CT molecular complexity index is 388. The van der Waals surface area contributed by atoms with Crippen molar-refractivity contribution in [2.24, 2.45) is 0 Å². The van der Waals surface area contributed by atoms with Gasteiger partial charge in [-0.1, -0.05) is 12.1 Å². The summed E-state index contributed by atoms with van der Waals surface area (Å²) in [5, 5.41) is 24.1. The molecule has 1 aromatic carbocycles. The molecule has 1 aromatic rings. The summed E-state index contributed by atoms with van der Waals surface area (Å²) in [6.07, 6.45) is 0. The van der Waals surface area contributed by atoms with Crippen molar-refractivity contribution in [1.82, 2.24) is 10.6 Å². The second kappa shape index (κ2) is 6.49. The van der Waals surface area contributed by atoms with E-state index >= 15 is 0 Å². The van der Waals surface area contributed by atoms with Crippen LogP contribution < -0.4 is 10.6 Å². The first kappa shape index (κ1) is 14.6. The first-order chi connectivity index (χ1) is 8.48. The van der Waals surface area contributed by atoms with E-state index in [0.29, 0.717) is 18.7 Å². The van der Waals surface area contributed by atoms with Crippen LogP contribution in [0.15, 0.2) is 24.3 Å². The summed E-state index contributed by atoms with van der Waals surface area (Å²) in [7, 11) is 1.59. The van der Waals surface area contributed by atoms with Crippen LogP contribution in [-0.4, -0.2) is 41.9 Å². The molecule has 0 fully saturated rings. The number of aliphatic hydroxyl groups is 2. The predicted octanol–water partition coefficient (Wildman–Crippen LogP) is -0.121. The molecule has 0 spiro atoms. The van der Waals surface area contributed by atoms with E-state index in [1.165, 1.54) is 0 Å². The molecule has 0 radical (unpaired) electrons. The Hall–Kier alpha value is -1.43. The fourth-order valence-electron chi connectivity index (χ4n) is 1.45. The molecule has 4 N–H and O–H groups in total. The lowest BCUT2D eigenvalue weighted by Gasteiger charge is -2.20. The van der Waals surface area contributed by atoms with Gasteiger partial charge in [-0.25, -0.2) is 0 Å². The van der Waals surface area contributed by atoms with Crippen LogP contribution >= 0.6 is 0 Å². The monoisotopic (exact) mass is 252 g/mol. The number of carbonyl (C=O) groups excluding carboxylic acids is 1. The molecule has 1 atom stereocenters. The lowest BCUT2D eigenvalue weighted by molar-refractivity contribution is 0.00254. The minimum Gasteiger partial charge on any atom is -0.393 e. The Balaban J connectivity index is 2.47. The van der Waals surface area contributed by atoms with E-state index < -0.39 is 5.60 Å². The van der Waals surface area contributed by atoms with Gasteiger partial charge in [0.2, 0.25) is 0 Å². The van der Waals surface area contributed by atoms with Gasteiger partial charge in [0.1, 0.15) is 0 Å². The molecule has 0 saturated carbocycles. The quantitative estimate of drug-likeness (QED) is 0.569. The molecule has 1 rings (SSSR count). The van der Waals surface area contributed by atoms with Crippen LogP contribution in [0.1, 0.15) is 22.8 Å². The summed E-state index contributed by atoms with van der Waals surface area (Å²) in [5.74, 6) is -0.113. The predicted molar refractivity (Wildman–Crippen MR) is 69.2 cm³/mol. The highest BCUT2D eigenvalue weighted by atomic mass is 16.3. The largest absolute Gasteiger partial charge is 0.393 e. The van der Waals surface area contributed by atoms with Crippen LogP contribution in [-0.2, 0) is 6.54 Å². The highest BCUT2D eigenvalue weighted by Gasteiger charge is 2.17. The van der Waals surface area contributed by atoms with Crippen LogP contribution in [0, 0.1) is 0 Å². The zero-order chi connectivity index (χ0) is 13.6. The van der Waals surface area contributed by atoms with Crippen molar-refractivity contribution in [1.29, 1.82) is 0 Å². The fraction of sp³-hybridized carbons (Fsp3) is 0.462. The van der Waals surface area contributed by atoms with E-state index in [9.17, 15) is 9.90 Å². The Labute approximate surface area is 107 Å². The lowest BCUT2D eigenvalue weighted by atomic mass is 10.1. The summed E-state index contributed by atoms with van der Waals surface area (Å²) < 4.78 is 0. The van der Waals surface area contributed by atoms with Crippen molar-refractivity contribution in [3.63, 3.8) is 0 Å². The fourth-order valence-corrected chi connectivity index (χ4v) is 1.45. The van der Waals surface area contributed by atoms with E-state index in [1.807, 2.05) is 12.1 Å². The number of hydrogen-bond acceptors (Lipinski definition) is 4. The third-order valence-electron chi connectivity index (χ3n) is 2.62. The topological polar surface area (TPSA) is 81.6 Å². The molecule has 0 saturated heterocycles. The maximum atomic E-state index is 11.3. The van der Waals surface area contributed by atoms with Gasteiger partial charge in [-0.15, -0.1) is 0 Å². The smallest absolute Gasteiger partial charge is 0.251 e. The normalized spacial score (nSPS) is 14.0. The van der Waals surface area contributed by atoms with Crippen LogP contribution in [0.2, 0.25) is 0 Å². The summed E-state index contributed by atoms with van der Waals surface area (Å²) in [4.78, 5) is 11.3. The molecule has 5 nitrogen and oxygen atoms in total. The van der Waals surface area contributed by atoms with E-state index in [4.69, 9.17) is 5.11 Å². The standard InChI is InChI=1S/C13H20N2O3/c1-13(18,9-16)8-15-7-10-3-5-11(6-4-10)12(17)14-2/h3-6,15-16,18H,7-9H2,1-2H3,(H,14,17). The third kappa shape index (κ3) is 4.44. The third-order valence-corrected chi connectivity index (χ3v) is 2.62. The minimum atomic E-state index is -1.11. The zero-order valence-corrected chi connectivity index (χ0v) is 10.7. The van der Waals surface area contributed by atoms with Gasteiger partial charge in [0, 0.05) is 25.7 Å². The van der Waals surface area contributed by atoms with Crippen LogP contribution in [0.4, 0.5) is 0 Å². The Morgan fingerprint density at radius 1 is 1.33 bits per heavy atom. The molecule has 0 aromatic heterocycles. The Morgan fingerprint density at radius 3 is 2.44 bits per heavy atom. The number of rotatable bonds is 6. The van der Waals surface area contributed by atoms with Gasteiger partial charge in [0.25, 0.3) is 5.91 Å². The number of carbonyl (C=O) groups is 1. The van der Waals surface area contributed by atoms with Gasteiger partial charge in [0.05, 0.1) is 12.2 Å².